The van der Waals surface area contributed by atoms with Gasteiger partial charge in [-0.25, -0.2) is 0 Å². The van der Waals surface area contributed by atoms with Crippen LogP contribution in [0.2, 0.25) is 6.04 Å². The highest BCUT2D eigenvalue weighted by atomic mass is 29.2. The van der Waals surface area contributed by atoms with Crippen molar-refractivity contribution in [3.8, 4) is 0 Å². The summed E-state index contributed by atoms with van der Waals surface area (Å²) in [6.07, 6.45) is 1.25. The SMILES string of the molecule is c1ccc2cc3cc4c(ccc5cc6cccc([SiH]7CCCO[SiH2]7)c6cc54)cc3cc2c1. The van der Waals surface area contributed by atoms with E-state index < -0.39 is 8.31 Å². The average molecular weight is 445 g/mol. The van der Waals surface area contributed by atoms with Gasteiger partial charge in [-0.3, -0.25) is 0 Å². The maximum atomic E-state index is 6.03. The van der Waals surface area contributed by atoms with Gasteiger partial charge in [0.05, 0.1) is 8.31 Å². The zero-order valence-corrected chi connectivity index (χ0v) is 20.5. The van der Waals surface area contributed by atoms with E-state index in [-0.39, 0.29) is 9.28 Å². The summed E-state index contributed by atoms with van der Waals surface area (Å²) in [5.41, 5.74) is 0. The first-order valence-electron chi connectivity index (χ1n) is 11.6. The summed E-state index contributed by atoms with van der Waals surface area (Å²) >= 11 is 0. The van der Waals surface area contributed by atoms with Crippen LogP contribution in [-0.2, 0) is 4.43 Å². The van der Waals surface area contributed by atoms with E-state index in [1.807, 2.05) is 0 Å². The molecule has 0 radical (unpaired) electrons. The fourth-order valence-electron chi connectivity index (χ4n) is 5.64. The second kappa shape index (κ2) is 7.27. The highest BCUT2D eigenvalue weighted by molar-refractivity contribution is 7.17. The Bertz CT molecular complexity index is 1670. The third kappa shape index (κ3) is 2.93. The van der Waals surface area contributed by atoms with E-state index in [4.69, 9.17) is 4.43 Å². The van der Waals surface area contributed by atoms with E-state index in [2.05, 4.69) is 91.0 Å². The van der Waals surface area contributed by atoms with Crippen molar-refractivity contribution >= 4 is 76.6 Å². The topological polar surface area (TPSA) is 9.23 Å². The monoisotopic (exact) mass is 444 g/mol. The van der Waals surface area contributed by atoms with Crippen molar-refractivity contribution in [3.05, 3.63) is 91.0 Å². The Balaban J connectivity index is 1.53. The van der Waals surface area contributed by atoms with Crippen molar-refractivity contribution in [2.75, 3.05) is 6.61 Å². The van der Waals surface area contributed by atoms with Crippen molar-refractivity contribution in [3.63, 3.8) is 0 Å². The molecule has 1 aliphatic rings. The largest absolute Gasteiger partial charge is 0.427 e. The van der Waals surface area contributed by atoms with Crippen LogP contribution in [0.25, 0.3) is 53.9 Å². The molecule has 1 heterocycles. The van der Waals surface area contributed by atoms with Gasteiger partial charge in [-0.2, -0.15) is 0 Å². The highest BCUT2D eigenvalue weighted by Crippen LogP contribution is 2.33. The molecule has 0 bridgehead atoms. The van der Waals surface area contributed by atoms with Crippen molar-refractivity contribution in [1.82, 2.24) is 0 Å². The molecule has 32 heavy (non-hydrogen) atoms. The van der Waals surface area contributed by atoms with Crippen molar-refractivity contribution in [1.29, 1.82) is 0 Å². The van der Waals surface area contributed by atoms with Crippen LogP contribution in [0.4, 0.5) is 0 Å². The molecule has 6 aromatic carbocycles. The lowest BCUT2D eigenvalue weighted by atomic mass is 9.95. The lowest BCUT2D eigenvalue weighted by Gasteiger charge is -2.22. The second-order valence-corrected chi connectivity index (χ2v) is 16.5. The van der Waals surface area contributed by atoms with E-state index >= 15 is 0 Å². The number of fused-ring (bicyclic) bond motifs is 6. The van der Waals surface area contributed by atoms with Crippen LogP contribution in [-0.4, -0.2) is 24.2 Å². The first kappa shape index (κ1) is 18.6. The Morgan fingerprint density at radius 1 is 0.562 bits per heavy atom. The number of hydrogen-bond acceptors (Lipinski definition) is 1. The van der Waals surface area contributed by atoms with Gasteiger partial charge in [0.1, 0.15) is 0 Å². The molecule has 6 aromatic rings. The van der Waals surface area contributed by atoms with Crippen LogP contribution in [0.15, 0.2) is 91.0 Å². The fraction of sp³-hybridized carbons (Fsp3) is 0.103. The molecule has 0 spiro atoms. The molecular weight excluding hydrogens is 420 g/mol. The molecule has 1 aliphatic heterocycles. The molecule has 1 saturated heterocycles. The summed E-state index contributed by atoms with van der Waals surface area (Å²) in [6.45, 7) is 0.996. The summed E-state index contributed by atoms with van der Waals surface area (Å²) in [7, 11) is -1.29. The van der Waals surface area contributed by atoms with Crippen LogP contribution >= 0.6 is 0 Å². The third-order valence-electron chi connectivity index (χ3n) is 7.29. The lowest BCUT2D eigenvalue weighted by molar-refractivity contribution is 0.336. The minimum absolute atomic E-state index is 0.366. The van der Waals surface area contributed by atoms with E-state index in [9.17, 15) is 0 Å². The normalized spacial score (nSPS) is 17.8. The van der Waals surface area contributed by atoms with Crippen molar-refractivity contribution < 1.29 is 4.43 Å². The van der Waals surface area contributed by atoms with Gasteiger partial charge in [0.15, 0.2) is 9.28 Å². The molecule has 0 N–H and O–H groups in total. The minimum atomic E-state index is -0.929. The van der Waals surface area contributed by atoms with Crippen molar-refractivity contribution in [2.45, 2.75) is 12.5 Å². The summed E-state index contributed by atoms with van der Waals surface area (Å²) in [5.74, 6) is 0. The van der Waals surface area contributed by atoms with E-state index in [1.54, 1.807) is 5.19 Å². The van der Waals surface area contributed by atoms with Crippen LogP contribution in [0, 0.1) is 0 Å². The van der Waals surface area contributed by atoms with Gasteiger partial charge in [-0.15, -0.1) is 0 Å². The van der Waals surface area contributed by atoms with Gasteiger partial charge >= 0.3 is 0 Å². The molecule has 0 saturated carbocycles. The molecule has 0 amide bonds. The Labute approximate surface area is 191 Å². The van der Waals surface area contributed by atoms with Gasteiger partial charge in [-0.1, -0.05) is 65.8 Å². The van der Waals surface area contributed by atoms with Crippen molar-refractivity contribution in [2.24, 2.45) is 0 Å². The van der Waals surface area contributed by atoms with Gasteiger partial charge in [-0.05, 0) is 96.7 Å². The Morgan fingerprint density at radius 2 is 1.19 bits per heavy atom. The molecule has 3 heteroatoms. The second-order valence-electron chi connectivity index (χ2n) is 9.24. The average Bonchev–Trinajstić information content (AvgIpc) is 2.85. The van der Waals surface area contributed by atoms with Crippen LogP contribution < -0.4 is 5.19 Å². The molecule has 0 aliphatic carbocycles. The van der Waals surface area contributed by atoms with E-state index in [0.29, 0.717) is 0 Å². The molecule has 7 rings (SSSR count). The maximum absolute atomic E-state index is 6.03. The maximum Gasteiger partial charge on any atom is 0.152 e. The van der Waals surface area contributed by atoms with Crippen LogP contribution in [0.3, 0.4) is 0 Å². The van der Waals surface area contributed by atoms with Crippen LogP contribution in [0.1, 0.15) is 6.42 Å². The van der Waals surface area contributed by atoms with E-state index in [1.165, 1.54) is 66.3 Å². The minimum Gasteiger partial charge on any atom is -0.427 e. The van der Waals surface area contributed by atoms with Crippen LogP contribution in [0.5, 0.6) is 0 Å². The molecule has 1 atom stereocenters. The van der Waals surface area contributed by atoms with Gasteiger partial charge in [0.25, 0.3) is 0 Å². The highest BCUT2D eigenvalue weighted by Gasteiger charge is 2.21. The van der Waals surface area contributed by atoms with Gasteiger partial charge in [0, 0.05) is 6.61 Å². The molecule has 0 aromatic heterocycles. The molecular formula is C29H24OSi2. The molecule has 1 nitrogen and oxygen atoms in total. The summed E-state index contributed by atoms with van der Waals surface area (Å²) < 4.78 is 6.03. The molecule has 154 valence electrons. The summed E-state index contributed by atoms with van der Waals surface area (Å²) in [6, 6.07) is 35.9. The zero-order chi connectivity index (χ0) is 21.1. The Morgan fingerprint density at radius 3 is 1.94 bits per heavy atom. The number of benzene rings is 6. The predicted octanol–water partition coefficient (Wildman–Crippen LogP) is 5.89. The standard InChI is InChI=1S/C29H24OSi2/c1-2-6-20-14-25-17-26-23(16-24(25)13-19(20)5-1)10-9-22-15-21-7-3-8-29(28(21)18-27(22)26)32-12-4-11-30-31-32/h1-3,5-10,13-18,32H,4,11-12,31H2. The predicted molar refractivity (Wildman–Crippen MR) is 145 cm³/mol. The molecule has 1 fully saturated rings. The van der Waals surface area contributed by atoms with E-state index in [0.717, 1.165) is 6.61 Å². The van der Waals surface area contributed by atoms with Gasteiger partial charge < -0.3 is 4.43 Å². The lowest BCUT2D eigenvalue weighted by Crippen LogP contribution is -2.41. The quantitative estimate of drug-likeness (QED) is 0.175. The summed E-state index contributed by atoms with van der Waals surface area (Å²) in [4.78, 5) is 0. The Hall–Kier alpha value is -2.99. The zero-order valence-electron chi connectivity index (χ0n) is 18.0. The number of rotatable bonds is 1. The number of hydrogen-bond donors (Lipinski definition) is 0. The first-order valence-corrected chi connectivity index (χ1v) is 16.9. The summed E-state index contributed by atoms with van der Waals surface area (Å²) in [5, 5.41) is 15.1. The first-order chi connectivity index (χ1) is 15.8. The smallest absolute Gasteiger partial charge is 0.152 e. The van der Waals surface area contributed by atoms with Gasteiger partial charge in [0.2, 0.25) is 0 Å². The fourth-order valence-corrected chi connectivity index (χ4v) is 13.0. The molecule has 1 unspecified atom stereocenters. The third-order valence-corrected chi connectivity index (χ3v) is 15.2. The Kier molecular flexibility index (Phi) is 4.22.